The average Bonchev–Trinajstić information content (AvgIpc) is 2.54. The van der Waals surface area contributed by atoms with Crippen molar-refractivity contribution in [1.82, 2.24) is 10.2 Å². The number of benzene rings is 1. The predicted molar refractivity (Wildman–Crippen MR) is 98.2 cm³/mol. The Balaban J connectivity index is 1.91. The van der Waals surface area contributed by atoms with Crippen LogP contribution in [-0.2, 0) is 9.59 Å². The number of carbonyl (C=O) groups is 2. The van der Waals surface area contributed by atoms with Crippen LogP contribution in [0.2, 0.25) is 0 Å². The maximum Gasteiger partial charge on any atom is 0.303 e. The van der Waals surface area contributed by atoms with Crippen LogP contribution in [-0.4, -0.2) is 41.5 Å². The molecular weight excluding hydrogens is 316 g/mol. The highest BCUT2D eigenvalue weighted by Gasteiger charge is 2.24. The van der Waals surface area contributed by atoms with Crippen molar-refractivity contribution in [2.75, 3.05) is 19.6 Å². The van der Waals surface area contributed by atoms with Crippen molar-refractivity contribution in [3.63, 3.8) is 0 Å². The minimum absolute atomic E-state index is 0.0190. The van der Waals surface area contributed by atoms with Crippen LogP contribution in [0.25, 0.3) is 0 Å². The molecule has 1 aromatic carbocycles. The number of likely N-dealkylation sites (tertiary alicyclic amines) is 1. The van der Waals surface area contributed by atoms with Gasteiger partial charge in [-0.3, -0.25) is 14.5 Å². The summed E-state index contributed by atoms with van der Waals surface area (Å²) < 4.78 is 0. The van der Waals surface area contributed by atoms with Gasteiger partial charge in [0.1, 0.15) is 0 Å². The van der Waals surface area contributed by atoms with Crippen LogP contribution in [0.4, 0.5) is 0 Å². The number of rotatable bonds is 8. The molecule has 1 saturated heterocycles. The number of hydrogen-bond donors (Lipinski definition) is 2. The number of piperidine rings is 1. The maximum atomic E-state index is 12.5. The van der Waals surface area contributed by atoms with E-state index in [1.807, 2.05) is 18.2 Å². The second-order valence-electron chi connectivity index (χ2n) is 7.50. The smallest absolute Gasteiger partial charge is 0.303 e. The van der Waals surface area contributed by atoms with E-state index < -0.39 is 5.97 Å². The summed E-state index contributed by atoms with van der Waals surface area (Å²) in [5, 5.41) is 12.1. The van der Waals surface area contributed by atoms with Gasteiger partial charge in [-0.15, -0.1) is 0 Å². The molecule has 1 aliphatic rings. The molecule has 138 valence electrons. The molecule has 1 aliphatic heterocycles. The highest BCUT2D eigenvalue weighted by molar-refractivity contribution is 5.78. The number of nitrogens with one attached hydrogen (secondary N) is 1. The van der Waals surface area contributed by atoms with Gasteiger partial charge in [0, 0.05) is 13.0 Å². The third-order valence-electron chi connectivity index (χ3n) is 4.68. The van der Waals surface area contributed by atoms with Gasteiger partial charge >= 0.3 is 5.97 Å². The molecule has 0 spiro atoms. The van der Waals surface area contributed by atoms with E-state index in [1.165, 1.54) is 0 Å². The van der Waals surface area contributed by atoms with E-state index in [0.29, 0.717) is 19.0 Å². The number of amides is 1. The van der Waals surface area contributed by atoms with Crippen molar-refractivity contribution in [3.8, 4) is 0 Å². The second kappa shape index (κ2) is 9.56. The summed E-state index contributed by atoms with van der Waals surface area (Å²) in [4.78, 5) is 25.5. The largest absolute Gasteiger partial charge is 0.481 e. The van der Waals surface area contributed by atoms with Crippen molar-refractivity contribution < 1.29 is 14.7 Å². The summed E-state index contributed by atoms with van der Waals surface area (Å²) in [6.07, 6.45) is 2.99. The fourth-order valence-corrected chi connectivity index (χ4v) is 3.59. The van der Waals surface area contributed by atoms with Crippen molar-refractivity contribution in [2.24, 2.45) is 11.8 Å². The first-order valence-electron chi connectivity index (χ1n) is 9.22. The molecule has 5 nitrogen and oxygen atoms in total. The van der Waals surface area contributed by atoms with Crippen LogP contribution in [0.3, 0.4) is 0 Å². The topological polar surface area (TPSA) is 69.6 Å². The molecule has 5 heteroatoms. The van der Waals surface area contributed by atoms with Gasteiger partial charge in [-0.25, -0.2) is 0 Å². The number of carbonyl (C=O) groups excluding carboxylic acids is 1. The van der Waals surface area contributed by atoms with Gasteiger partial charge in [0.15, 0.2) is 0 Å². The summed E-state index contributed by atoms with van der Waals surface area (Å²) in [6, 6.07) is 10.1. The minimum atomic E-state index is -0.752. The molecule has 2 atom stereocenters. The number of nitrogens with zero attached hydrogens (tertiary/aromatic N) is 1. The average molecular weight is 346 g/mol. The first-order valence-corrected chi connectivity index (χ1v) is 9.22. The van der Waals surface area contributed by atoms with Gasteiger partial charge in [0.25, 0.3) is 0 Å². The number of carboxylic acid groups (broad SMARTS) is 1. The SMILES string of the molecule is CC(C)C[C@@H](NC(=O)CN1CCC[C@@H](CC(=O)O)C1)c1ccccc1. The number of carboxylic acids is 1. The lowest BCUT2D eigenvalue weighted by atomic mass is 9.94. The summed E-state index contributed by atoms with van der Waals surface area (Å²) >= 11 is 0. The van der Waals surface area contributed by atoms with Crippen LogP contribution >= 0.6 is 0 Å². The summed E-state index contributed by atoms with van der Waals surface area (Å²) in [5.41, 5.74) is 1.13. The molecule has 0 aliphatic carbocycles. The zero-order valence-corrected chi connectivity index (χ0v) is 15.3. The van der Waals surface area contributed by atoms with E-state index >= 15 is 0 Å². The van der Waals surface area contributed by atoms with E-state index in [1.54, 1.807) is 0 Å². The van der Waals surface area contributed by atoms with E-state index in [2.05, 4.69) is 36.2 Å². The Morgan fingerprint density at radius 2 is 2.00 bits per heavy atom. The first-order chi connectivity index (χ1) is 11.9. The summed E-state index contributed by atoms with van der Waals surface area (Å²) in [6.45, 7) is 6.22. The molecule has 25 heavy (non-hydrogen) atoms. The standard InChI is InChI=1S/C20H30N2O3/c1-15(2)11-18(17-8-4-3-5-9-17)21-19(23)14-22-10-6-7-16(13-22)12-20(24)25/h3-5,8-9,15-16,18H,6-7,10-14H2,1-2H3,(H,21,23)(H,24,25)/t16-,18+/m0/s1. The molecular formula is C20H30N2O3. The van der Waals surface area contributed by atoms with Crippen molar-refractivity contribution in [2.45, 2.75) is 45.6 Å². The summed E-state index contributed by atoms with van der Waals surface area (Å²) in [5.74, 6) is -0.0945. The first kappa shape index (κ1) is 19.4. The lowest BCUT2D eigenvalue weighted by molar-refractivity contribution is -0.138. The molecule has 0 bridgehead atoms. The molecule has 0 saturated carbocycles. The molecule has 1 aromatic rings. The third-order valence-corrected chi connectivity index (χ3v) is 4.68. The van der Waals surface area contributed by atoms with Crippen molar-refractivity contribution >= 4 is 11.9 Å². The molecule has 2 N–H and O–H groups in total. The Hall–Kier alpha value is -1.88. The minimum Gasteiger partial charge on any atom is -0.481 e. The Bertz CT molecular complexity index is 559. The fourth-order valence-electron chi connectivity index (χ4n) is 3.59. The van der Waals surface area contributed by atoms with Crippen LogP contribution in [0.1, 0.15) is 51.1 Å². The number of aliphatic carboxylic acids is 1. The van der Waals surface area contributed by atoms with Crippen LogP contribution in [0.15, 0.2) is 30.3 Å². The van der Waals surface area contributed by atoms with Gasteiger partial charge in [-0.05, 0) is 43.2 Å². The predicted octanol–water partition coefficient (Wildman–Crippen LogP) is 3.08. The molecule has 0 aromatic heterocycles. The van der Waals surface area contributed by atoms with Gasteiger partial charge in [0.05, 0.1) is 12.6 Å². The van der Waals surface area contributed by atoms with E-state index in [0.717, 1.165) is 31.4 Å². The molecule has 1 heterocycles. The molecule has 1 amide bonds. The normalized spacial score (nSPS) is 19.6. The second-order valence-corrected chi connectivity index (χ2v) is 7.50. The monoisotopic (exact) mass is 346 g/mol. The lowest BCUT2D eigenvalue weighted by Crippen LogP contribution is -2.43. The zero-order chi connectivity index (χ0) is 18.2. The van der Waals surface area contributed by atoms with E-state index in [9.17, 15) is 9.59 Å². The fraction of sp³-hybridized carbons (Fsp3) is 0.600. The van der Waals surface area contributed by atoms with Gasteiger partial charge in [-0.2, -0.15) is 0 Å². The Kier molecular flexibility index (Phi) is 7.44. The van der Waals surface area contributed by atoms with Crippen LogP contribution in [0, 0.1) is 11.8 Å². The highest BCUT2D eigenvalue weighted by atomic mass is 16.4. The number of hydrogen-bond acceptors (Lipinski definition) is 3. The van der Waals surface area contributed by atoms with E-state index in [-0.39, 0.29) is 24.3 Å². The molecule has 0 radical (unpaired) electrons. The molecule has 1 fully saturated rings. The van der Waals surface area contributed by atoms with Crippen molar-refractivity contribution in [3.05, 3.63) is 35.9 Å². The van der Waals surface area contributed by atoms with Gasteiger partial charge < -0.3 is 10.4 Å². The van der Waals surface area contributed by atoms with Crippen LogP contribution in [0.5, 0.6) is 0 Å². The molecule has 0 unspecified atom stereocenters. The van der Waals surface area contributed by atoms with Crippen LogP contribution < -0.4 is 5.32 Å². The Morgan fingerprint density at radius 1 is 1.28 bits per heavy atom. The Labute approximate surface area is 150 Å². The lowest BCUT2D eigenvalue weighted by Gasteiger charge is -2.32. The van der Waals surface area contributed by atoms with Crippen molar-refractivity contribution in [1.29, 1.82) is 0 Å². The summed E-state index contributed by atoms with van der Waals surface area (Å²) in [7, 11) is 0. The Morgan fingerprint density at radius 3 is 2.64 bits per heavy atom. The highest BCUT2D eigenvalue weighted by Crippen LogP contribution is 2.22. The molecule has 2 rings (SSSR count). The van der Waals surface area contributed by atoms with Gasteiger partial charge in [0.2, 0.25) is 5.91 Å². The maximum absolute atomic E-state index is 12.5. The quantitative estimate of drug-likeness (QED) is 0.759. The zero-order valence-electron chi connectivity index (χ0n) is 15.3. The van der Waals surface area contributed by atoms with E-state index in [4.69, 9.17) is 5.11 Å². The third kappa shape index (κ3) is 6.86. The van der Waals surface area contributed by atoms with Gasteiger partial charge in [-0.1, -0.05) is 44.2 Å².